The van der Waals surface area contributed by atoms with Crippen molar-refractivity contribution in [2.24, 2.45) is 5.92 Å². The largest absolute Gasteiger partial charge is 0.383 e. The fourth-order valence-electron chi connectivity index (χ4n) is 4.23. The highest BCUT2D eigenvalue weighted by atomic mass is 35.5. The van der Waals surface area contributed by atoms with Crippen molar-refractivity contribution in [3.8, 4) is 0 Å². The first kappa shape index (κ1) is 30.4. The first-order valence-electron chi connectivity index (χ1n) is 12.8. The maximum Gasteiger partial charge on any atom is 0.272 e. The van der Waals surface area contributed by atoms with Crippen molar-refractivity contribution in [2.75, 3.05) is 24.4 Å². The Hall–Kier alpha value is -3.56. The van der Waals surface area contributed by atoms with Crippen LogP contribution in [0.3, 0.4) is 0 Å². The van der Waals surface area contributed by atoms with Crippen LogP contribution < -0.4 is 16.0 Å². The normalized spacial score (nSPS) is 11.1. The van der Waals surface area contributed by atoms with Gasteiger partial charge in [-0.05, 0) is 60.2 Å². The van der Waals surface area contributed by atoms with Gasteiger partial charge in [-0.1, -0.05) is 54.7 Å². The molecule has 214 valence electrons. The first-order chi connectivity index (χ1) is 19.5. The average molecular weight is 616 g/mol. The zero-order chi connectivity index (χ0) is 29.7. The molecule has 0 saturated carbocycles. The summed E-state index contributed by atoms with van der Waals surface area (Å²) in [7, 11) is 1.59. The molecule has 0 saturated heterocycles. The quantitative estimate of drug-likeness (QED) is 0.178. The lowest BCUT2D eigenvalue weighted by Crippen LogP contribution is -2.27. The maximum absolute atomic E-state index is 13.3. The Morgan fingerprint density at radius 1 is 0.854 bits per heavy atom. The number of benzene rings is 3. The molecule has 4 aromatic rings. The predicted molar refractivity (Wildman–Crippen MR) is 164 cm³/mol. The van der Waals surface area contributed by atoms with E-state index in [1.807, 2.05) is 24.5 Å². The summed E-state index contributed by atoms with van der Waals surface area (Å²) in [6, 6.07) is 17.0. The molecule has 11 heteroatoms. The average Bonchev–Trinajstić information content (AvgIpc) is 3.28. The zero-order valence-corrected chi connectivity index (χ0v) is 25.0. The second kappa shape index (κ2) is 13.4. The van der Waals surface area contributed by atoms with Crippen LogP contribution in [0, 0.1) is 5.92 Å². The molecule has 3 aromatic carbocycles. The molecule has 0 bridgehead atoms. The summed E-state index contributed by atoms with van der Waals surface area (Å²) in [5, 5.41) is 10.4. The Morgan fingerprint density at radius 2 is 1.56 bits per heavy atom. The molecular weight excluding hydrogens is 587 g/mol. The summed E-state index contributed by atoms with van der Waals surface area (Å²) >= 11 is 18.5. The van der Waals surface area contributed by atoms with Crippen LogP contribution in [-0.4, -0.2) is 36.0 Å². The van der Waals surface area contributed by atoms with Crippen molar-refractivity contribution in [3.05, 3.63) is 92.6 Å². The van der Waals surface area contributed by atoms with Gasteiger partial charge in [0.2, 0.25) is 5.91 Å². The molecule has 8 nitrogen and oxygen atoms in total. The lowest BCUT2D eigenvalue weighted by atomic mass is 10.1. The Bertz CT molecular complexity index is 1600. The molecule has 0 aliphatic rings. The molecule has 0 aliphatic carbocycles. The van der Waals surface area contributed by atoms with Crippen LogP contribution in [0.1, 0.15) is 40.3 Å². The van der Waals surface area contributed by atoms with Crippen LogP contribution >= 0.6 is 34.8 Å². The standard InChI is InChI=1S/C30H29Cl3N4O4/c1-17(2)28(38)34-16-18-4-6-25(33)24(10-18)29(39)35-22-5-7-26-19(11-22)12-27(37(26)8-9-41-3)30(40)36-23-14-20(31)13-21(32)15-23/h4-7,10-15,17H,8-9,16H2,1-3H3,(H,34,38)(H,35,39)(H,36,40). The van der Waals surface area contributed by atoms with Gasteiger partial charge in [-0.15, -0.1) is 0 Å². The highest BCUT2D eigenvalue weighted by Gasteiger charge is 2.18. The lowest BCUT2D eigenvalue weighted by Gasteiger charge is -2.12. The van der Waals surface area contributed by atoms with Crippen LogP contribution in [0.4, 0.5) is 11.4 Å². The van der Waals surface area contributed by atoms with Crippen LogP contribution in [0.2, 0.25) is 15.1 Å². The lowest BCUT2D eigenvalue weighted by molar-refractivity contribution is -0.124. The van der Waals surface area contributed by atoms with Crippen molar-refractivity contribution in [2.45, 2.75) is 26.9 Å². The molecule has 0 radical (unpaired) electrons. The van der Waals surface area contributed by atoms with E-state index < -0.39 is 5.91 Å². The smallest absolute Gasteiger partial charge is 0.272 e. The number of methoxy groups -OCH3 is 1. The molecule has 1 aromatic heterocycles. The van der Waals surface area contributed by atoms with Gasteiger partial charge in [0.15, 0.2) is 0 Å². The summed E-state index contributed by atoms with van der Waals surface area (Å²) < 4.78 is 7.10. The number of carbonyl (C=O) groups excluding carboxylic acids is 3. The zero-order valence-electron chi connectivity index (χ0n) is 22.7. The van der Waals surface area contributed by atoms with E-state index in [9.17, 15) is 14.4 Å². The molecule has 0 aliphatic heterocycles. The van der Waals surface area contributed by atoms with Gasteiger partial charge < -0.3 is 25.3 Å². The summed E-state index contributed by atoms with van der Waals surface area (Å²) in [5.41, 5.74) is 3.20. The molecule has 1 heterocycles. The number of nitrogens with one attached hydrogen (secondary N) is 3. The number of hydrogen-bond donors (Lipinski definition) is 3. The van der Waals surface area contributed by atoms with E-state index in [0.29, 0.717) is 40.3 Å². The number of ether oxygens (including phenoxy) is 1. The number of fused-ring (bicyclic) bond motifs is 1. The third kappa shape index (κ3) is 7.59. The van der Waals surface area contributed by atoms with Crippen molar-refractivity contribution >= 4 is 74.8 Å². The molecule has 3 N–H and O–H groups in total. The second-order valence-corrected chi connectivity index (χ2v) is 11.0. The first-order valence-corrected chi connectivity index (χ1v) is 14.0. The molecule has 41 heavy (non-hydrogen) atoms. The third-order valence-corrected chi connectivity index (χ3v) is 7.06. The fraction of sp³-hybridized carbons (Fsp3) is 0.233. The Morgan fingerprint density at radius 3 is 2.24 bits per heavy atom. The highest BCUT2D eigenvalue weighted by molar-refractivity contribution is 6.35. The summed E-state index contributed by atoms with van der Waals surface area (Å²) in [6.45, 7) is 4.72. The second-order valence-electron chi connectivity index (χ2n) is 9.70. The number of aromatic nitrogens is 1. The number of hydrogen-bond acceptors (Lipinski definition) is 4. The van der Waals surface area contributed by atoms with Gasteiger partial charge in [0.25, 0.3) is 11.8 Å². The van der Waals surface area contributed by atoms with Gasteiger partial charge in [0.05, 0.1) is 17.2 Å². The van der Waals surface area contributed by atoms with Gasteiger partial charge in [0, 0.05) is 58.4 Å². The minimum Gasteiger partial charge on any atom is -0.383 e. The van der Waals surface area contributed by atoms with Crippen LogP contribution in [0.5, 0.6) is 0 Å². The Labute approximate surface area is 252 Å². The summed E-state index contributed by atoms with van der Waals surface area (Å²) in [6.07, 6.45) is 0. The van der Waals surface area contributed by atoms with Crippen molar-refractivity contribution in [3.63, 3.8) is 0 Å². The number of carbonyl (C=O) groups is 3. The van der Waals surface area contributed by atoms with E-state index in [1.54, 1.807) is 61.7 Å². The van der Waals surface area contributed by atoms with Crippen LogP contribution in [0.25, 0.3) is 10.9 Å². The topological polar surface area (TPSA) is 101 Å². The molecule has 0 fully saturated rings. The van der Waals surface area contributed by atoms with Gasteiger partial charge in [-0.2, -0.15) is 0 Å². The minimum atomic E-state index is -0.402. The molecule has 0 spiro atoms. The summed E-state index contributed by atoms with van der Waals surface area (Å²) in [5.74, 6) is -0.984. The molecule has 4 rings (SSSR count). The van der Waals surface area contributed by atoms with Crippen molar-refractivity contribution < 1.29 is 19.1 Å². The van der Waals surface area contributed by atoms with E-state index in [4.69, 9.17) is 39.5 Å². The number of anilines is 2. The monoisotopic (exact) mass is 614 g/mol. The van der Waals surface area contributed by atoms with Crippen LogP contribution in [-0.2, 0) is 22.6 Å². The maximum atomic E-state index is 13.3. The van der Waals surface area contributed by atoms with Gasteiger partial charge in [0.1, 0.15) is 5.69 Å². The molecule has 0 atom stereocenters. The van der Waals surface area contributed by atoms with Crippen molar-refractivity contribution in [1.29, 1.82) is 0 Å². The van der Waals surface area contributed by atoms with Gasteiger partial charge >= 0.3 is 0 Å². The number of amides is 3. The number of halogens is 3. The van der Waals surface area contributed by atoms with E-state index in [-0.39, 0.29) is 34.9 Å². The van der Waals surface area contributed by atoms with E-state index >= 15 is 0 Å². The minimum absolute atomic E-state index is 0.0823. The highest BCUT2D eigenvalue weighted by Crippen LogP contribution is 2.27. The Kier molecular flexibility index (Phi) is 9.94. The molecule has 3 amide bonds. The summed E-state index contributed by atoms with van der Waals surface area (Å²) in [4.78, 5) is 38.4. The Balaban J connectivity index is 1.58. The fourth-order valence-corrected chi connectivity index (χ4v) is 4.96. The molecular formula is C30H29Cl3N4O4. The van der Waals surface area contributed by atoms with Crippen LogP contribution in [0.15, 0.2) is 60.7 Å². The van der Waals surface area contributed by atoms with E-state index in [2.05, 4.69) is 16.0 Å². The molecule has 0 unspecified atom stereocenters. The van der Waals surface area contributed by atoms with Gasteiger partial charge in [-0.3, -0.25) is 14.4 Å². The number of nitrogens with zero attached hydrogens (tertiary/aromatic N) is 1. The number of rotatable bonds is 10. The van der Waals surface area contributed by atoms with Gasteiger partial charge in [-0.25, -0.2) is 0 Å². The third-order valence-electron chi connectivity index (χ3n) is 6.30. The predicted octanol–water partition coefficient (Wildman–Crippen LogP) is 7.02. The SMILES string of the molecule is COCCn1c(C(=O)Nc2cc(Cl)cc(Cl)c2)cc2cc(NC(=O)c3cc(CNC(=O)C(C)C)ccc3Cl)ccc21. The van der Waals surface area contributed by atoms with E-state index in [0.717, 1.165) is 16.5 Å². The van der Waals surface area contributed by atoms with E-state index in [1.165, 1.54) is 0 Å². The van der Waals surface area contributed by atoms with Crippen molar-refractivity contribution in [1.82, 2.24) is 9.88 Å².